The van der Waals surface area contributed by atoms with Crippen molar-refractivity contribution in [3.8, 4) is 0 Å². The molecule has 2 aromatic carbocycles. The lowest BCUT2D eigenvalue weighted by Gasteiger charge is -2.36. The monoisotopic (exact) mass is 570 g/mol. The number of allylic oxidation sites excluding steroid dienone is 3. The lowest BCUT2D eigenvalue weighted by molar-refractivity contribution is -0.918. The number of rotatable bonds is 5. The molecule has 0 saturated heterocycles. The molecule has 1 unspecified atom stereocenters. The maximum Gasteiger partial charge on any atom is 0.673 e. The van der Waals surface area contributed by atoms with Gasteiger partial charge in [0.1, 0.15) is 17.8 Å². The first kappa shape index (κ1) is 32.8. The summed E-state index contributed by atoms with van der Waals surface area (Å²) in [4.78, 5) is 1.50. The number of hydrogen-bond acceptors (Lipinski definition) is 0. The van der Waals surface area contributed by atoms with Crippen LogP contribution in [0.3, 0.4) is 0 Å². The van der Waals surface area contributed by atoms with Crippen LogP contribution in [0.5, 0.6) is 0 Å². The Bertz CT molecular complexity index is 1270. The second-order valence-corrected chi connectivity index (χ2v) is 9.95. The first-order valence-corrected chi connectivity index (χ1v) is 12.5. The smallest absolute Gasteiger partial charge is 0.418 e. The second-order valence-electron chi connectivity index (χ2n) is 9.95. The van der Waals surface area contributed by atoms with E-state index in [0.717, 1.165) is 13.1 Å². The average Bonchev–Trinajstić information content (AvgIpc) is 2.82. The minimum atomic E-state index is -6.00. The van der Waals surface area contributed by atoms with E-state index in [9.17, 15) is 34.5 Å². The van der Waals surface area contributed by atoms with Crippen LogP contribution in [0.4, 0.5) is 34.5 Å². The topological polar surface area (TPSA) is 8.32 Å². The third-order valence-corrected chi connectivity index (χ3v) is 6.15. The van der Waals surface area contributed by atoms with Gasteiger partial charge in [-0.25, -0.2) is 0 Å². The van der Waals surface area contributed by atoms with Crippen LogP contribution in [-0.4, -0.2) is 20.0 Å². The van der Waals surface area contributed by atoms with E-state index in [4.69, 9.17) is 0 Å². The average molecular weight is 570 g/mol. The van der Waals surface area contributed by atoms with Gasteiger partial charge < -0.3 is 34.5 Å². The van der Waals surface area contributed by atoms with Crippen molar-refractivity contribution in [3.05, 3.63) is 119 Å². The molecule has 216 valence electrons. The molecule has 1 N–H and O–H groups in total. The van der Waals surface area contributed by atoms with E-state index >= 15 is 0 Å². The van der Waals surface area contributed by atoms with Crippen LogP contribution in [-0.2, 0) is 13.1 Å². The number of nitrogens with zero attached hydrogens (tertiary/aromatic N) is 1. The summed E-state index contributed by atoms with van der Waals surface area (Å²) < 4.78 is 80.3. The number of aromatic nitrogens is 1. The molecule has 0 bridgehead atoms. The van der Waals surface area contributed by atoms with E-state index < -0.39 is 14.5 Å². The predicted octanol–water partition coefficient (Wildman–Crippen LogP) is 7.10. The van der Waals surface area contributed by atoms with Gasteiger partial charge >= 0.3 is 14.5 Å². The molecule has 1 aliphatic heterocycles. The molecule has 2 heterocycles. The van der Waals surface area contributed by atoms with Gasteiger partial charge in [0.05, 0.1) is 0 Å². The Morgan fingerprint density at radius 3 is 1.65 bits per heavy atom. The highest BCUT2D eigenvalue weighted by molar-refractivity contribution is 6.50. The molecule has 1 aliphatic rings. The molecule has 0 radical (unpaired) electrons. The molecule has 1 aromatic heterocycles. The van der Waals surface area contributed by atoms with Crippen molar-refractivity contribution >= 4 is 20.1 Å². The fraction of sp³-hybridized carbons (Fsp3) is 0.250. The van der Waals surface area contributed by atoms with E-state index in [-0.39, 0.29) is 5.54 Å². The SMILES string of the molecule is CC1=CC(c2cc[n+](Cc3ccccc3)c(C)c2)=CC(C)(C)[NH+]1Cc1ccccc1.F[B-](F)(F)F.F[B-](F)(F)F. The van der Waals surface area contributed by atoms with Crippen LogP contribution in [0, 0.1) is 6.92 Å². The van der Waals surface area contributed by atoms with Crippen LogP contribution >= 0.6 is 0 Å². The molecular weight excluding hydrogens is 538 g/mol. The molecule has 1 atom stereocenters. The van der Waals surface area contributed by atoms with Gasteiger partial charge in [0.15, 0.2) is 18.4 Å². The summed E-state index contributed by atoms with van der Waals surface area (Å²) in [6, 6.07) is 26.0. The molecule has 3 aromatic rings. The highest BCUT2D eigenvalue weighted by atomic mass is 19.5. The van der Waals surface area contributed by atoms with Gasteiger partial charge in [0.2, 0.25) is 0 Å². The van der Waals surface area contributed by atoms with Gasteiger partial charge in [-0.05, 0) is 31.1 Å². The van der Waals surface area contributed by atoms with E-state index in [1.54, 1.807) is 0 Å². The Labute approximate surface area is 229 Å². The number of nitrogens with one attached hydrogen (secondary N) is 1. The normalized spacial score (nSPS) is 16.4. The van der Waals surface area contributed by atoms with Crippen LogP contribution in [0.25, 0.3) is 5.57 Å². The summed E-state index contributed by atoms with van der Waals surface area (Å²) in [5, 5.41) is 0. The van der Waals surface area contributed by atoms with Crippen LogP contribution in [0.15, 0.2) is 96.8 Å². The highest BCUT2D eigenvalue weighted by Gasteiger charge is 2.34. The van der Waals surface area contributed by atoms with Crippen LogP contribution < -0.4 is 9.47 Å². The number of aryl methyl sites for hydroxylation is 1. The summed E-state index contributed by atoms with van der Waals surface area (Å²) in [6.07, 6.45) is 7.02. The van der Waals surface area contributed by atoms with Crippen molar-refractivity contribution in [1.82, 2.24) is 0 Å². The molecule has 0 fully saturated rings. The Hall–Kier alpha value is -3.40. The fourth-order valence-corrected chi connectivity index (χ4v) is 4.46. The lowest BCUT2D eigenvalue weighted by Crippen LogP contribution is -3.16. The maximum atomic E-state index is 9.75. The minimum Gasteiger partial charge on any atom is -0.418 e. The van der Waals surface area contributed by atoms with E-state index in [2.05, 4.69) is 123 Å². The van der Waals surface area contributed by atoms with Crippen molar-refractivity contribution in [3.63, 3.8) is 0 Å². The molecular formula is C28H32B2F8N2. The number of hydrogen-bond donors (Lipinski definition) is 1. The van der Waals surface area contributed by atoms with Crippen LogP contribution in [0.1, 0.15) is 43.2 Å². The predicted molar refractivity (Wildman–Crippen MR) is 144 cm³/mol. The standard InChI is InChI=1S/C28H31N2.2BF4/c1-22-17-26(15-16-29(22)20-24-11-7-5-8-12-24)27-18-23(2)30(28(3,4)19-27)21-25-13-9-6-10-14-25;2*2-1(3,4)5/h5-19H,20-21H2,1-4H3;;/q+1;2*-1/p+1. The van der Waals surface area contributed by atoms with Gasteiger partial charge in [0, 0.05) is 43.2 Å². The summed E-state index contributed by atoms with van der Waals surface area (Å²) in [6.45, 7) is 11.1. The molecule has 2 nitrogen and oxygen atoms in total. The highest BCUT2D eigenvalue weighted by Crippen LogP contribution is 2.24. The summed E-state index contributed by atoms with van der Waals surface area (Å²) >= 11 is 0. The first-order chi connectivity index (χ1) is 18.4. The van der Waals surface area contributed by atoms with Crippen molar-refractivity contribution in [2.45, 2.75) is 46.3 Å². The van der Waals surface area contributed by atoms with Crippen molar-refractivity contribution in [2.24, 2.45) is 0 Å². The second kappa shape index (κ2) is 13.8. The molecule has 0 saturated carbocycles. The summed E-state index contributed by atoms with van der Waals surface area (Å²) in [5.41, 5.74) is 8.02. The zero-order chi connectivity index (χ0) is 30.1. The van der Waals surface area contributed by atoms with Crippen molar-refractivity contribution < 1.29 is 44.0 Å². The fourth-order valence-electron chi connectivity index (χ4n) is 4.46. The molecule has 4 rings (SSSR count). The molecule has 40 heavy (non-hydrogen) atoms. The molecule has 12 heteroatoms. The van der Waals surface area contributed by atoms with E-state index in [0.29, 0.717) is 0 Å². The number of quaternary nitrogens is 1. The van der Waals surface area contributed by atoms with Gasteiger partial charge in [0.25, 0.3) is 0 Å². The van der Waals surface area contributed by atoms with Gasteiger partial charge in [-0.3, -0.25) is 4.90 Å². The number of pyridine rings is 1. The lowest BCUT2D eigenvalue weighted by atomic mass is 9.89. The van der Waals surface area contributed by atoms with Gasteiger partial charge in [-0.2, -0.15) is 4.57 Å². The van der Waals surface area contributed by atoms with Crippen molar-refractivity contribution in [1.29, 1.82) is 0 Å². The molecule has 0 spiro atoms. The third-order valence-electron chi connectivity index (χ3n) is 6.15. The van der Waals surface area contributed by atoms with Crippen LogP contribution in [0.2, 0.25) is 0 Å². The zero-order valence-electron chi connectivity index (χ0n) is 22.7. The Morgan fingerprint density at radius 2 is 1.20 bits per heavy atom. The summed E-state index contributed by atoms with van der Waals surface area (Å²) in [5.74, 6) is 0. The van der Waals surface area contributed by atoms with Gasteiger partial charge in [-0.15, -0.1) is 0 Å². The largest absolute Gasteiger partial charge is 0.673 e. The third kappa shape index (κ3) is 12.2. The first-order valence-electron chi connectivity index (χ1n) is 12.5. The Kier molecular flexibility index (Phi) is 11.3. The molecule has 0 aliphatic carbocycles. The quantitative estimate of drug-likeness (QED) is 0.191. The van der Waals surface area contributed by atoms with Crippen molar-refractivity contribution in [2.75, 3.05) is 0 Å². The minimum absolute atomic E-state index is 0.0355. The zero-order valence-corrected chi connectivity index (χ0v) is 22.7. The number of benzene rings is 2. The summed E-state index contributed by atoms with van der Waals surface area (Å²) in [7, 11) is -12.0. The molecule has 0 amide bonds. The van der Waals surface area contributed by atoms with Gasteiger partial charge in [-0.1, -0.05) is 60.7 Å². The van der Waals surface area contributed by atoms with E-state index in [1.165, 1.54) is 38.6 Å². The Morgan fingerprint density at radius 1 is 0.725 bits per heavy atom. The number of halogens is 8. The maximum absolute atomic E-state index is 9.75. The van der Waals surface area contributed by atoms with E-state index in [1.807, 2.05) is 0 Å². The Balaban J connectivity index is 0.000000482.